The van der Waals surface area contributed by atoms with E-state index in [0.29, 0.717) is 25.9 Å². The average molecular weight is 389 g/mol. The maximum Gasteiger partial charge on any atom is 0.241 e. The van der Waals surface area contributed by atoms with Crippen molar-refractivity contribution >= 4 is 28.2 Å². The molecule has 1 saturated carbocycles. The van der Waals surface area contributed by atoms with Gasteiger partial charge in [0, 0.05) is 13.1 Å². The van der Waals surface area contributed by atoms with Crippen LogP contribution in [0.4, 0.5) is 0 Å². The van der Waals surface area contributed by atoms with Crippen molar-refractivity contribution in [3.8, 4) is 0 Å². The van der Waals surface area contributed by atoms with Gasteiger partial charge in [0.2, 0.25) is 5.91 Å². The summed E-state index contributed by atoms with van der Waals surface area (Å²) in [6.45, 7) is 5.98. The number of amides is 1. The minimum absolute atomic E-state index is 0. The number of sulfone groups is 1. The number of halogens is 1. The molecule has 5 nitrogen and oxygen atoms in total. The zero-order chi connectivity index (χ0) is 17.6. The maximum absolute atomic E-state index is 13.2. The van der Waals surface area contributed by atoms with E-state index in [4.69, 9.17) is 0 Å². The van der Waals surface area contributed by atoms with Gasteiger partial charge in [0.15, 0.2) is 14.6 Å². The minimum Gasteiger partial charge on any atom is -0.353 e. The van der Waals surface area contributed by atoms with Gasteiger partial charge < -0.3 is 10.6 Å². The second-order valence-electron chi connectivity index (χ2n) is 6.52. The molecule has 1 aromatic carbocycles. The number of hydrogen-bond acceptors (Lipinski definition) is 4. The fraction of sp³-hybridized carbons (Fsp3) is 0.611. The van der Waals surface area contributed by atoms with Gasteiger partial charge in [0.1, 0.15) is 0 Å². The smallest absolute Gasteiger partial charge is 0.241 e. The quantitative estimate of drug-likeness (QED) is 0.671. The molecule has 0 unspecified atom stereocenters. The predicted octanol–water partition coefficient (Wildman–Crippen LogP) is 2.62. The molecule has 1 aromatic rings. The van der Waals surface area contributed by atoms with Gasteiger partial charge in [-0.15, -0.1) is 12.4 Å². The molecule has 25 heavy (non-hydrogen) atoms. The summed E-state index contributed by atoms with van der Waals surface area (Å²) in [5, 5.41) is 6.04. The fourth-order valence-corrected chi connectivity index (χ4v) is 5.32. The normalized spacial score (nSPS) is 16.2. The first kappa shape index (κ1) is 21.9. The van der Waals surface area contributed by atoms with Gasteiger partial charge in [-0.3, -0.25) is 4.79 Å². The number of rotatable bonds is 8. The van der Waals surface area contributed by atoms with Gasteiger partial charge in [0.05, 0.1) is 4.90 Å². The second-order valence-corrected chi connectivity index (χ2v) is 8.78. The van der Waals surface area contributed by atoms with Crippen LogP contribution >= 0.6 is 12.4 Å². The highest BCUT2D eigenvalue weighted by atomic mass is 35.5. The van der Waals surface area contributed by atoms with Crippen LogP contribution in [0.15, 0.2) is 29.2 Å². The van der Waals surface area contributed by atoms with Crippen molar-refractivity contribution in [2.75, 3.05) is 19.6 Å². The van der Waals surface area contributed by atoms with E-state index in [1.807, 2.05) is 6.92 Å². The van der Waals surface area contributed by atoms with Gasteiger partial charge in [-0.25, -0.2) is 8.42 Å². The Morgan fingerprint density at radius 2 is 1.68 bits per heavy atom. The standard InChI is InChI=1S/C18H28N2O3S.ClH/c1-3-12-19-13-14-20-17(21)18(10-4-5-11-18)24(22,23)16-8-6-15(2)7-9-16;/h6-9,19H,3-5,10-14H2,1-2H3,(H,20,21);1H. The Bertz CT molecular complexity index is 653. The molecule has 0 bridgehead atoms. The van der Waals surface area contributed by atoms with E-state index >= 15 is 0 Å². The molecule has 0 heterocycles. The van der Waals surface area contributed by atoms with E-state index in [1.165, 1.54) is 0 Å². The summed E-state index contributed by atoms with van der Waals surface area (Å²) in [5.41, 5.74) is 1.00. The summed E-state index contributed by atoms with van der Waals surface area (Å²) in [7, 11) is -3.70. The van der Waals surface area contributed by atoms with Gasteiger partial charge in [-0.1, -0.05) is 37.5 Å². The Kier molecular flexibility index (Phi) is 8.38. The first-order valence-corrected chi connectivity index (χ1v) is 10.2. The first-order valence-electron chi connectivity index (χ1n) is 8.74. The number of carbonyl (C=O) groups is 1. The van der Waals surface area contributed by atoms with Gasteiger partial charge in [0.25, 0.3) is 0 Å². The summed E-state index contributed by atoms with van der Waals surface area (Å²) in [6.07, 6.45) is 3.37. The van der Waals surface area contributed by atoms with Crippen LogP contribution in [0.5, 0.6) is 0 Å². The van der Waals surface area contributed by atoms with Crippen molar-refractivity contribution in [3.05, 3.63) is 29.8 Å². The summed E-state index contributed by atoms with van der Waals surface area (Å²) in [5.74, 6) is -0.348. The molecule has 2 N–H and O–H groups in total. The highest BCUT2D eigenvalue weighted by Gasteiger charge is 2.52. The zero-order valence-corrected chi connectivity index (χ0v) is 16.6. The molecule has 1 aliphatic rings. The predicted molar refractivity (Wildman–Crippen MR) is 103 cm³/mol. The molecule has 7 heteroatoms. The summed E-state index contributed by atoms with van der Waals surface area (Å²) < 4.78 is 25.0. The van der Waals surface area contributed by atoms with Crippen molar-refractivity contribution in [2.45, 2.75) is 55.6 Å². The van der Waals surface area contributed by atoms with E-state index in [0.717, 1.165) is 31.4 Å². The molecule has 142 valence electrons. The third-order valence-electron chi connectivity index (χ3n) is 4.68. The van der Waals surface area contributed by atoms with E-state index in [2.05, 4.69) is 17.6 Å². The largest absolute Gasteiger partial charge is 0.353 e. The van der Waals surface area contributed by atoms with E-state index in [-0.39, 0.29) is 23.2 Å². The van der Waals surface area contributed by atoms with E-state index < -0.39 is 14.6 Å². The molecular formula is C18H29ClN2O3S. The van der Waals surface area contributed by atoms with Gasteiger partial charge in [-0.05, 0) is 44.9 Å². The summed E-state index contributed by atoms with van der Waals surface area (Å²) in [4.78, 5) is 13.0. The topological polar surface area (TPSA) is 75.3 Å². The fourth-order valence-electron chi connectivity index (χ4n) is 3.23. The molecule has 0 atom stereocenters. The van der Waals surface area contributed by atoms with Crippen LogP contribution in [-0.4, -0.2) is 38.7 Å². The molecule has 1 amide bonds. The molecule has 0 aliphatic heterocycles. The van der Waals surface area contributed by atoms with Crippen LogP contribution in [0.1, 0.15) is 44.6 Å². The van der Waals surface area contributed by atoms with Crippen LogP contribution in [0, 0.1) is 6.92 Å². The summed E-state index contributed by atoms with van der Waals surface area (Å²) in [6, 6.07) is 6.78. The molecule has 1 aliphatic carbocycles. The van der Waals surface area contributed by atoms with Crippen molar-refractivity contribution in [1.29, 1.82) is 0 Å². The van der Waals surface area contributed by atoms with Crippen LogP contribution in [-0.2, 0) is 14.6 Å². The summed E-state index contributed by atoms with van der Waals surface area (Å²) >= 11 is 0. The Balaban J connectivity index is 0.00000312. The number of nitrogens with one attached hydrogen (secondary N) is 2. The molecule has 0 radical (unpaired) electrons. The molecule has 2 rings (SSSR count). The lowest BCUT2D eigenvalue weighted by atomic mass is 10.1. The maximum atomic E-state index is 13.2. The number of aryl methyl sites for hydroxylation is 1. The van der Waals surface area contributed by atoms with Crippen LogP contribution in [0.2, 0.25) is 0 Å². The average Bonchev–Trinajstić information content (AvgIpc) is 3.06. The number of carbonyl (C=O) groups excluding carboxylic acids is 1. The van der Waals surface area contributed by atoms with Crippen molar-refractivity contribution < 1.29 is 13.2 Å². The first-order chi connectivity index (χ1) is 11.4. The van der Waals surface area contributed by atoms with Crippen molar-refractivity contribution in [3.63, 3.8) is 0 Å². The zero-order valence-electron chi connectivity index (χ0n) is 15.0. The molecule has 0 aromatic heterocycles. The van der Waals surface area contributed by atoms with E-state index in [9.17, 15) is 13.2 Å². The lowest BCUT2D eigenvalue weighted by Crippen LogP contribution is -2.51. The third kappa shape index (κ3) is 4.74. The lowest BCUT2D eigenvalue weighted by molar-refractivity contribution is -0.123. The highest BCUT2D eigenvalue weighted by molar-refractivity contribution is 7.93. The SMILES string of the molecule is CCCNCCNC(=O)C1(S(=O)(=O)c2ccc(C)cc2)CCCC1.Cl. The number of benzene rings is 1. The highest BCUT2D eigenvalue weighted by Crippen LogP contribution is 2.40. The molecule has 0 saturated heterocycles. The Hall–Kier alpha value is -1.11. The van der Waals surface area contributed by atoms with Crippen LogP contribution in [0.25, 0.3) is 0 Å². The molecule has 1 fully saturated rings. The van der Waals surface area contributed by atoms with Gasteiger partial charge in [-0.2, -0.15) is 0 Å². The lowest BCUT2D eigenvalue weighted by Gasteiger charge is -2.27. The Morgan fingerprint density at radius 1 is 1.08 bits per heavy atom. The van der Waals surface area contributed by atoms with Crippen molar-refractivity contribution in [2.24, 2.45) is 0 Å². The Morgan fingerprint density at radius 3 is 2.24 bits per heavy atom. The van der Waals surface area contributed by atoms with Crippen molar-refractivity contribution in [1.82, 2.24) is 10.6 Å². The minimum atomic E-state index is -3.70. The Labute approximate surface area is 157 Å². The molecule has 0 spiro atoms. The monoisotopic (exact) mass is 388 g/mol. The molecular weight excluding hydrogens is 360 g/mol. The van der Waals surface area contributed by atoms with Gasteiger partial charge >= 0.3 is 0 Å². The van der Waals surface area contributed by atoms with E-state index in [1.54, 1.807) is 24.3 Å². The third-order valence-corrected chi connectivity index (χ3v) is 7.20. The number of hydrogen-bond donors (Lipinski definition) is 2. The second kappa shape index (κ2) is 9.55. The van der Waals surface area contributed by atoms with Crippen LogP contribution in [0.3, 0.4) is 0 Å². The van der Waals surface area contributed by atoms with Crippen LogP contribution < -0.4 is 10.6 Å².